The predicted molar refractivity (Wildman–Crippen MR) is 127 cm³/mol. The van der Waals surface area contributed by atoms with Gasteiger partial charge >= 0.3 is 5.97 Å². The lowest BCUT2D eigenvalue weighted by Crippen LogP contribution is -2.33. The molecule has 2 rings (SSSR count). The lowest BCUT2D eigenvalue weighted by Gasteiger charge is -2.23. The van der Waals surface area contributed by atoms with Crippen molar-refractivity contribution in [3.63, 3.8) is 0 Å². The Bertz CT molecular complexity index is 793. The number of hydrogen-bond acceptors (Lipinski definition) is 4. The normalized spacial score (nSPS) is 17.8. The minimum Gasteiger partial charge on any atom is -0.469 e. The molecule has 0 saturated carbocycles. The van der Waals surface area contributed by atoms with Crippen LogP contribution in [0, 0.1) is 17.8 Å². The second-order valence-corrected chi connectivity index (χ2v) is 8.51. The molecule has 0 aromatic heterocycles. The number of carbonyl (C=O) groups excluding carboxylic acids is 2. The highest BCUT2D eigenvalue weighted by Gasteiger charge is 2.28. The molecule has 1 fully saturated rings. The number of nitrogens with zero attached hydrogens (tertiary/aromatic N) is 1. The van der Waals surface area contributed by atoms with E-state index in [1.165, 1.54) is 12.7 Å². The number of benzene rings is 1. The van der Waals surface area contributed by atoms with Crippen LogP contribution in [0.15, 0.2) is 42.5 Å². The molecule has 1 saturated heterocycles. The third-order valence-corrected chi connectivity index (χ3v) is 5.93. The summed E-state index contributed by atoms with van der Waals surface area (Å²) in [5.41, 5.74) is 1.20. The number of amides is 1. The van der Waals surface area contributed by atoms with Crippen molar-refractivity contribution in [1.29, 1.82) is 0 Å². The number of aliphatic hydroxyl groups excluding tert-OH is 1. The van der Waals surface area contributed by atoms with Crippen molar-refractivity contribution in [3.8, 4) is 11.8 Å². The third kappa shape index (κ3) is 9.28. The van der Waals surface area contributed by atoms with Crippen LogP contribution in [0.25, 0.3) is 0 Å². The van der Waals surface area contributed by atoms with Crippen LogP contribution < -0.4 is 0 Å². The van der Waals surface area contributed by atoms with Crippen LogP contribution in [0.1, 0.15) is 63.9 Å². The first-order valence-corrected chi connectivity index (χ1v) is 11.7. The first kappa shape index (κ1) is 25.7. The summed E-state index contributed by atoms with van der Waals surface area (Å²) in [6.07, 6.45) is 10.1. The molecule has 5 heteroatoms. The Labute approximate surface area is 192 Å². The Balaban J connectivity index is 1.71. The summed E-state index contributed by atoms with van der Waals surface area (Å²) in [5.74, 6) is 6.41. The highest BCUT2D eigenvalue weighted by atomic mass is 16.5. The van der Waals surface area contributed by atoms with Gasteiger partial charge in [0.1, 0.15) is 0 Å². The number of methoxy groups -OCH3 is 1. The first-order chi connectivity index (χ1) is 15.5. The van der Waals surface area contributed by atoms with E-state index in [-0.39, 0.29) is 23.8 Å². The quantitative estimate of drug-likeness (QED) is 0.228. The Morgan fingerprint density at radius 2 is 1.97 bits per heavy atom. The molecule has 1 aromatic rings. The molecule has 5 nitrogen and oxygen atoms in total. The summed E-state index contributed by atoms with van der Waals surface area (Å²) < 4.78 is 4.65. The van der Waals surface area contributed by atoms with E-state index in [0.29, 0.717) is 19.3 Å². The van der Waals surface area contributed by atoms with Crippen molar-refractivity contribution >= 4 is 11.9 Å². The summed E-state index contributed by atoms with van der Waals surface area (Å²) in [6, 6.07) is 10.2. The molecule has 1 aromatic carbocycles. The molecule has 174 valence electrons. The molecule has 0 spiro atoms. The van der Waals surface area contributed by atoms with Crippen LogP contribution in [0.2, 0.25) is 0 Å². The Hall–Kier alpha value is -2.58. The fourth-order valence-corrected chi connectivity index (χ4v) is 3.80. The van der Waals surface area contributed by atoms with Crippen molar-refractivity contribution in [2.45, 2.75) is 76.9 Å². The minimum absolute atomic E-state index is 0.0369. The van der Waals surface area contributed by atoms with Gasteiger partial charge in [0, 0.05) is 32.2 Å². The summed E-state index contributed by atoms with van der Waals surface area (Å²) in [4.78, 5) is 25.3. The topological polar surface area (TPSA) is 66.8 Å². The standard InChI is InChI=1S/C27H37NO4/c1-22(12-9-10-15-23-13-6-5-7-14-23)25(29)19-17-24-18-20-26(30)28(24)21-11-4-3-8-16-27(31)32-2/h5-7,13-14,17,19,22,24-25,29H,3-4,8,11-12,15-16,18,20-21H2,1-2H3/t22-,24+,25+/m1/s1. The summed E-state index contributed by atoms with van der Waals surface area (Å²) in [5, 5.41) is 10.5. The molecule has 1 N–H and O–H groups in total. The van der Waals surface area contributed by atoms with Crippen LogP contribution in [-0.2, 0) is 20.7 Å². The molecule has 3 atom stereocenters. The molecule has 0 unspecified atom stereocenters. The number of unbranched alkanes of at least 4 members (excludes halogenated alkanes) is 3. The van der Waals surface area contributed by atoms with Gasteiger partial charge in [0.25, 0.3) is 0 Å². The summed E-state index contributed by atoms with van der Waals surface area (Å²) in [6.45, 7) is 2.72. The summed E-state index contributed by atoms with van der Waals surface area (Å²) in [7, 11) is 1.41. The molecule has 32 heavy (non-hydrogen) atoms. The van der Waals surface area contributed by atoms with Gasteiger partial charge in [-0.1, -0.05) is 68.2 Å². The predicted octanol–water partition coefficient (Wildman–Crippen LogP) is 4.29. The van der Waals surface area contributed by atoms with Gasteiger partial charge in [-0.2, -0.15) is 0 Å². The maximum absolute atomic E-state index is 12.3. The van der Waals surface area contributed by atoms with Crippen molar-refractivity contribution in [3.05, 3.63) is 48.0 Å². The average molecular weight is 440 g/mol. The van der Waals surface area contributed by atoms with Gasteiger partial charge in [-0.15, -0.1) is 5.92 Å². The maximum atomic E-state index is 12.3. The van der Waals surface area contributed by atoms with Gasteiger partial charge < -0.3 is 14.7 Å². The fourth-order valence-electron chi connectivity index (χ4n) is 3.80. The molecular formula is C27H37NO4. The minimum atomic E-state index is -0.572. The number of aliphatic hydroxyl groups is 1. The van der Waals surface area contributed by atoms with E-state index >= 15 is 0 Å². The smallest absolute Gasteiger partial charge is 0.305 e. The van der Waals surface area contributed by atoms with Gasteiger partial charge in [-0.05, 0) is 30.7 Å². The van der Waals surface area contributed by atoms with Gasteiger partial charge in [0.2, 0.25) is 5.91 Å². The van der Waals surface area contributed by atoms with Gasteiger partial charge in [0.15, 0.2) is 0 Å². The lowest BCUT2D eigenvalue weighted by molar-refractivity contribution is -0.140. The largest absolute Gasteiger partial charge is 0.469 e. The number of carbonyl (C=O) groups is 2. The zero-order valence-electron chi connectivity index (χ0n) is 19.5. The number of rotatable bonds is 12. The fraction of sp³-hybridized carbons (Fsp3) is 0.556. The van der Waals surface area contributed by atoms with Crippen molar-refractivity contribution < 1.29 is 19.4 Å². The lowest BCUT2D eigenvalue weighted by atomic mass is 9.99. The monoisotopic (exact) mass is 439 g/mol. The Morgan fingerprint density at radius 1 is 1.22 bits per heavy atom. The molecule has 0 aliphatic carbocycles. The van der Waals surface area contributed by atoms with E-state index in [9.17, 15) is 14.7 Å². The van der Waals surface area contributed by atoms with E-state index < -0.39 is 6.10 Å². The molecule has 0 bridgehead atoms. The van der Waals surface area contributed by atoms with E-state index in [0.717, 1.165) is 45.1 Å². The first-order valence-electron chi connectivity index (χ1n) is 11.7. The van der Waals surface area contributed by atoms with Gasteiger partial charge in [-0.25, -0.2) is 0 Å². The van der Waals surface area contributed by atoms with Crippen molar-refractivity contribution in [1.82, 2.24) is 4.90 Å². The van der Waals surface area contributed by atoms with Crippen LogP contribution >= 0.6 is 0 Å². The second kappa shape index (κ2) is 14.5. The molecule has 1 heterocycles. The molecule has 1 aliphatic heterocycles. The second-order valence-electron chi connectivity index (χ2n) is 8.51. The molecule has 0 radical (unpaired) electrons. The third-order valence-electron chi connectivity index (χ3n) is 5.93. The zero-order valence-corrected chi connectivity index (χ0v) is 19.5. The maximum Gasteiger partial charge on any atom is 0.305 e. The SMILES string of the molecule is COC(=O)CCCCCCN1C(=O)CC[C@@H]1C=C[C@H](O)[C@H](C)CC#CCc1ccccc1. The molecule has 1 amide bonds. The Kier molecular flexibility index (Phi) is 11.6. The van der Waals surface area contributed by atoms with E-state index in [4.69, 9.17) is 0 Å². The molecular weight excluding hydrogens is 402 g/mol. The number of likely N-dealkylation sites (tertiary alicyclic amines) is 1. The Morgan fingerprint density at radius 3 is 2.72 bits per heavy atom. The zero-order chi connectivity index (χ0) is 23.2. The van der Waals surface area contributed by atoms with E-state index in [1.807, 2.05) is 42.2 Å². The van der Waals surface area contributed by atoms with E-state index in [1.54, 1.807) is 0 Å². The van der Waals surface area contributed by atoms with Crippen molar-refractivity contribution in [2.75, 3.05) is 13.7 Å². The number of ether oxygens (including phenoxy) is 1. The molecule has 1 aliphatic rings. The van der Waals surface area contributed by atoms with Crippen LogP contribution in [0.4, 0.5) is 0 Å². The highest BCUT2D eigenvalue weighted by molar-refractivity contribution is 5.79. The average Bonchev–Trinajstić information content (AvgIpc) is 3.16. The number of esters is 1. The van der Waals surface area contributed by atoms with Gasteiger partial charge in [0.05, 0.1) is 19.3 Å². The highest BCUT2D eigenvalue weighted by Crippen LogP contribution is 2.22. The number of hydrogen-bond donors (Lipinski definition) is 1. The van der Waals surface area contributed by atoms with E-state index in [2.05, 4.69) is 28.7 Å². The van der Waals surface area contributed by atoms with Crippen LogP contribution in [0.3, 0.4) is 0 Å². The van der Waals surface area contributed by atoms with Gasteiger partial charge in [-0.3, -0.25) is 9.59 Å². The van der Waals surface area contributed by atoms with Crippen LogP contribution in [-0.4, -0.2) is 47.7 Å². The summed E-state index contributed by atoms with van der Waals surface area (Å²) >= 11 is 0. The van der Waals surface area contributed by atoms with Crippen LogP contribution in [0.5, 0.6) is 0 Å². The van der Waals surface area contributed by atoms with Crippen molar-refractivity contribution in [2.24, 2.45) is 5.92 Å².